The number of anilines is 2. The zero-order valence-electron chi connectivity index (χ0n) is 24.4. The minimum Gasteiger partial charge on any atom is -0.493 e. The predicted molar refractivity (Wildman–Crippen MR) is 164 cm³/mol. The van der Waals surface area contributed by atoms with E-state index in [0.717, 1.165) is 17.3 Å². The number of ketones is 1. The molecule has 0 radical (unpaired) electrons. The minimum absolute atomic E-state index is 0.00690. The van der Waals surface area contributed by atoms with Crippen LogP contribution in [0.4, 0.5) is 15.2 Å². The largest absolute Gasteiger partial charge is 0.493 e. The summed E-state index contributed by atoms with van der Waals surface area (Å²) >= 11 is 2.33. The van der Waals surface area contributed by atoms with Crippen LogP contribution >= 0.6 is 23.1 Å². The van der Waals surface area contributed by atoms with E-state index in [0.29, 0.717) is 68.5 Å². The van der Waals surface area contributed by atoms with Gasteiger partial charge in [0.15, 0.2) is 21.6 Å². The first-order chi connectivity index (χ1) is 21.2. The van der Waals surface area contributed by atoms with Crippen molar-refractivity contribution in [2.24, 2.45) is 5.73 Å². The molecule has 1 amide bonds. The number of carbonyl (C=O) groups is 2. The zero-order valence-corrected chi connectivity index (χ0v) is 26.0. The highest BCUT2D eigenvalue weighted by molar-refractivity contribution is 8.01. The number of rotatable bonds is 9. The van der Waals surface area contributed by atoms with E-state index in [1.54, 1.807) is 30.0 Å². The third-order valence-corrected chi connectivity index (χ3v) is 9.39. The number of allylic oxidation sites excluding steroid dienone is 3. The quantitative estimate of drug-likeness (QED) is 0.304. The number of nitrogens with one attached hydrogen (secondary N) is 1. The second-order valence-corrected chi connectivity index (χ2v) is 12.1. The number of amides is 1. The first kappa shape index (κ1) is 30.8. The molecule has 1 aliphatic heterocycles. The summed E-state index contributed by atoms with van der Waals surface area (Å²) in [6.07, 6.45) is 1.43. The molecule has 0 bridgehead atoms. The Bertz CT molecular complexity index is 1750. The smallest absolute Gasteiger partial charge is 0.234 e. The second-order valence-electron chi connectivity index (χ2n) is 9.89. The Morgan fingerprint density at radius 1 is 1.18 bits per heavy atom. The molecule has 44 heavy (non-hydrogen) atoms. The van der Waals surface area contributed by atoms with E-state index in [4.69, 9.17) is 19.9 Å². The maximum absolute atomic E-state index is 13.6. The van der Waals surface area contributed by atoms with Gasteiger partial charge in [0.05, 0.1) is 44.6 Å². The Hall–Kier alpha value is -4.61. The summed E-state index contributed by atoms with van der Waals surface area (Å²) in [4.78, 5) is 27.8. The van der Waals surface area contributed by atoms with E-state index in [1.165, 1.54) is 44.8 Å². The van der Waals surface area contributed by atoms with Gasteiger partial charge < -0.3 is 25.3 Å². The fourth-order valence-electron chi connectivity index (χ4n) is 5.36. The van der Waals surface area contributed by atoms with Crippen LogP contribution in [0.3, 0.4) is 0 Å². The van der Waals surface area contributed by atoms with E-state index in [2.05, 4.69) is 21.6 Å². The summed E-state index contributed by atoms with van der Waals surface area (Å²) in [7, 11) is 4.47. The summed E-state index contributed by atoms with van der Waals surface area (Å²) < 4.78 is 30.8. The molecule has 1 unspecified atom stereocenters. The van der Waals surface area contributed by atoms with Crippen molar-refractivity contribution >= 4 is 45.6 Å². The molecule has 14 heteroatoms. The molecule has 0 saturated carbocycles. The van der Waals surface area contributed by atoms with Crippen molar-refractivity contribution in [3.63, 3.8) is 0 Å². The number of halogens is 1. The van der Waals surface area contributed by atoms with E-state index < -0.39 is 11.7 Å². The standard InChI is InChI=1S/C30H29FN6O5S2/c1-15-8-9-16(31)12-19(15)34-23(39)14-43-30-36-35-29(44-30)37-20-6-5-7-21(38)25(20)24(18(13-32)28(37)33)17-10-11-22(40-2)27(42-4)26(17)41-3/h8-12,24H,5-7,14,33H2,1-4H3,(H,34,39). The van der Waals surface area contributed by atoms with Crippen LogP contribution in [-0.4, -0.2) is 49.0 Å². The molecular weight excluding hydrogens is 607 g/mol. The van der Waals surface area contributed by atoms with Gasteiger partial charge in [0, 0.05) is 28.9 Å². The lowest BCUT2D eigenvalue weighted by atomic mass is 9.75. The van der Waals surface area contributed by atoms with Gasteiger partial charge in [0.1, 0.15) is 11.6 Å². The first-order valence-electron chi connectivity index (χ1n) is 13.5. The van der Waals surface area contributed by atoms with Gasteiger partial charge in [-0.25, -0.2) is 4.39 Å². The molecule has 11 nitrogen and oxygen atoms in total. The summed E-state index contributed by atoms with van der Waals surface area (Å²) in [5.41, 5.74) is 9.57. The van der Waals surface area contributed by atoms with Gasteiger partial charge in [0.2, 0.25) is 16.8 Å². The maximum atomic E-state index is 13.6. The second kappa shape index (κ2) is 12.9. The number of aromatic nitrogens is 2. The number of nitrogens with zero attached hydrogens (tertiary/aromatic N) is 4. The molecule has 3 aromatic rings. The number of benzene rings is 2. The van der Waals surface area contributed by atoms with E-state index >= 15 is 0 Å². The Balaban J connectivity index is 1.48. The van der Waals surface area contributed by atoms with Crippen LogP contribution in [0, 0.1) is 24.1 Å². The number of nitriles is 1. The molecule has 0 saturated heterocycles. The van der Waals surface area contributed by atoms with Gasteiger partial charge in [-0.2, -0.15) is 5.26 Å². The van der Waals surface area contributed by atoms with Crippen LogP contribution in [0.25, 0.3) is 0 Å². The zero-order chi connectivity index (χ0) is 31.5. The summed E-state index contributed by atoms with van der Waals surface area (Å²) in [6.45, 7) is 1.77. The Morgan fingerprint density at radius 3 is 2.66 bits per heavy atom. The summed E-state index contributed by atoms with van der Waals surface area (Å²) in [6, 6.07) is 9.84. The summed E-state index contributed by atoms with van der Waals surface area (Å²) in [5, 5.41) is 22.0. The van der Waals surface area contributed by atoms with Crippen molar-refractivity contribution in [3.05, 3.63) is 69.9 Å². The van der Waals surface area contributed by atoms with Gasteiger partial charge >= 0.3 is 0 Å². The van der Waals surface area contributed by atoms with Crippen LogP contribution in [0.15, 0.2) is 57.3 Å². The molecule has 2 aromatic carbocycles. The number of aryl methyl sites for hydroxylation is 1. The lowest BCUT2D eigenvalue weighted by molar-refractivity contribution is -0.116. The number of hydrogen-bond acceptors (Lipinski definition) is 12. The number of ether oxygens (including phenoxy) is 3. The predicted octanol–water partition coefficient (Wildman–Crippen LogP) is 5.05. The van der Waals surface area contributed by atoms with Crippen LogP contribution in [0.2, 0.25) is 0 Å². The molecular formula is C30H29FN6O5S2. The minimum atomic E-state index is -0.800. The molecule has 1 aliphatic carbocycles. The van der Waals surface area contributed by atoms with Crippen molar-refractivity contribution in [1.29, 1.82) is 5.26 Å². The third-order valence-electron chi connectivity index (χ3n) is 7.35. The number of methoxy groups -OCH3 is 3. The molecule has 2 aliphatic rings. The lowest BCUT2D eigenvalue weighted by Gasteiger charge is -2.38. The van der Waals surface area contributed by atoms with Crippen LogP contribution < -0.4 is 30.2 Å². The monoisotopic (exact) mass is 636 g/mol. The summed E-state index contributed by atoms with van der Waals surface area (Å²) in [5.74, 6) is -0.466. The average molecular weight is 637 g/mol. The molecule has 0 spiro atoms. The molecule has 228 valence electrons. The van der Waals surface area contributed by atoms with Gasteiger partial charge in [-0.3, -0.25) is 14.5 Å². The van der Waals surface area contributed by atoms with Gasteiger partial charge in [0.25, 0.3) is 0 Å². The Morgan fingerprint density at radius 2 is 1.95 bits per heavy atom. The molecule has 2 heterocycles. The fraction of sp³-hybridized carbons (Fsp3) is 0.300. The van der Waals surface area contributed by atoms with E-state index in [1.807, 2.05) is 0 Å². The van der Waals surface area contributed by atoms with Crippen molar-refractivity contribution in [2.45, 2.75) is 36.4 Å². The Kier molecular flexibility index (Phi) is 9.07. The van der Waals surface area contributed by atoms with Gasteiger partial charge in [-0.1, -0.05) is 35.2 Å². The number of Topliss-reactive ketones (excluding diaryl/α,β-unsaturated/α-hetero) is 1. The first-order valence-corrected chi connectivity index (χ1v) is 15.3. The number of hydrogen-bond donors (Lipinski definition) is 2. The number of thioether (sulfide) groups is 1. The highest BCUT2D eigenvalue weighted by atomic mass is 32.2. The lowest BCUT2D eigenvalue weighted by Crippen LogP contribution is -2.38. The fourth-order valence-corrected chi connectivity index (χ4v) is 7.04. The SMILES string of the molecule is COc1ccc(C2C(C#N)=C(N)N(c3nnc(SCC(=O)Nc4cc(F)ccc4C)s3)C3=C2C(=O)CCC3)c(OC)c1OC. The van der Waals surface area contributed by atoms with Gasteiger partial charge in [-0.05, 0) is 43.5 Å². The molecule has 0 fully saturated rings. The molecule has 1 aromatic heterocycles. The maximum Gasteiger partial charge on any atom is 0.234 e. The number of carbonyl (C=O) groups excluding carboxylic acids is 2. The van der Waals surface area contributed by atoms with Crippen molar-refractivity contribution in [3.8, 4) is 23.3 Å². The van der Waals surface area contributed by atoms with Crippen molar-refractivity contribution in [1.82, 2.24) is 10.2 Å². The van der Waals surface area contributed by atoms with Crippen molar-refractivity contribution < 1.29 is 28.2 Å². The molecule has 3 N–H and O–H groups in total. The van der Waals surface area contributed by atoms with Crippen LogP contribution in [0.5, 0.6) is 17.2 Å². The van der Waals surface area contributed by atoms with E-state index in [9.17, 15) is 19.2 Å². The topological polar surface area (TPSA) is 153 Å². The van der Waals surface area contributed by atoms with Crippen LogP contribution in [-0.2, 0) is 9.59 Å². The van der Waals surface area contributed by atoms with E-state index in [-0.39, 0.29) is 28.8 Å². The van der Waals surface area contributed by atoms with Crippen molar-refractivity contribution in [2.75, 3.05) is 37.3 Å². The van der Waals surface area contributed by atoms with Gasteiger partial charge in [-0.15, -0.1) is 10.2 Å². The van der Waals surface area contributed by atoms with Crippen LogP contribution in [0.1, 0.15) is 36.3 Å². The molecule has 1 atom stereocenters. The molecule has 5 rings (SSSR count). The number of nitrogens with two attached hydrogens (primary N) is 1. The third kappa shape index (κ3) is 5.68. The highest BCUT2D eigenvalue weighted by Gasteiger charge is 2.43. The average Bonchev–Trinajstić information content (AvgIpc) is 3.49. The highest BCUT2D eigenvalue weighted by Crippen LogP contribution is 2.52. The normalized spacial score (nSPS) is 16.4. The Labute approximate surface area is 261 Å².